The molecular formula is C16H25N5O2. The number of carbonyl (C=O) groups excluding carboxylic acids is 2. The van der Waals surface area contributed by atoms with Crippen molar-refractivity contribution in [3.63, 3.8) is 0 Å². The van der Waals surface area contributed by atoms with Gasteiger partial charge in [-0.3, -0.25) is 9.59 Å². The first-order valence-electron chi connectivity index (χ1n) is 8.42. The second kappa shape index (κ2) is 6.60. The Morgan fingerprint density at radius 1 is 1.30 bits per heavy atom. The van der Waals surface area contributed by atoms with E-state index in [2.05, 4.69) is 5.10 Å². The van der Waals surface area contributed by atoms with Gasteiger partial charge in [-0.1, -0.05) is 19.3 Å². The van der Waals surface area contributed by atoms with E-state index in [-0.39, 0.29) is 24.9 Å². The lowest BCUT2D eigenvalue weighted by atomic mass is 9.93. The maximum atomic E-state index is 12.4. The Morgan fingerprint density at radius 2 is 2.04 bits per heavy atom. The molecule has 7 nitrogen and oxygen atoms in total. The minimum Gasteiger partial charge on any atom is -0.384 e. The molecule has 3 rings (SSSR count). The van der Waals surface area contributed by atoms with E-state index >= 15 is 0 Å². The molecule has 0 radical (unpaired) electrons. The van der Waals surface area contributed by atoms with Crippen LogP contribution in [0.1, 0.15) is 37.8 Å². The Hall–Kier alpha value is -2.05. The number of piperazine rings is 1. The van der Waals surface area contributed by atoms with Crippen LogP contribution < -0.4 is 5.73 Å². The van der Waals surface area contributed by atoms with Crippen molar-refractivity contribution in [2.24, 2.45) is 0 Å². The Labute approximate surface area is 136 Å². The molecule has 1 aromatic heterocycles. The number of aromatic nitrogens is 2. The van der Waals surface area contributed by atoms with Crippen molar-refractivity contribution in [3.8, 4) is 0 Å². The van der Waals surface area contributed by atoms with Crippen LogP contribution in [0.15, 0.2) is 6.07 Å². The molecule has 1 saturated heterocycles. The predicted molar refractivity (Wildman–Crippen MR) is 86.5 cm³/mol. The highest BCUT2D eigenvalue weighted by atomic mass is 16.2. The molecular weight excluding hydrogens is 294 g/mol. The Kier molecular flexibility index (Phi) is 4.54. The minimum atomic E-state index is -0.101. The summed E-state index contributed by atoms with van der Waals surface area (Å²) in [6.07, 6.45) is 5.88. The summed E-state index contributed by atoms with van der Waals surface area (Å²) in [6.45, 7) is 3.35. The number of nitrogens with two attached hydrogens (primary N) is 1. The SMILES string of the molecule is Cc1cc(N)n(CC(=O)N2CCN(C3CCCCC3)C(=O)C2)n1. The number of amides is 2. The van der Waals surface area contributed by atoms with Crippen LogP contribution in [0, 0.1) is 6.92 Å². The van der Waals surface area contributed by atoms with Gasteiger partial charge in [0.05, 0.1) is 12.2 Å². The second-order valence-corrected chi connectivity index (χ2v) is 6.56. The number of nitrogen functional groups attached to an aromatic ring is 1. The molecule has 0 atom stereocenters. The number of anilines is 1. The zero-order chi connectivity index (χ0) is 16.4. The summed E-state index contributed by atoms with van der Waals surface area (Å²) in [5, 5.41) is 4.20. The highest BCUT2D eigenvalue weighted by Gasteiger charge is 2.32. The molecule has 7 heteroatoms. The molecule has 0 spiro atoms. The lowest BCUT2D eigenvalue weighted by molar-refractivity contribution is -0.148. The average molecular weight is 319 g/mol. The Bertz CT molecular complexity index is 591. The van der Waals surface area contributed by atoms with Crippen molar-refractivity contribution >= 4 is 17.6 Å². The molecule has 2 amide bonds. The third kappa shape index (κ3) is 3.48. The summed E-state index contributed by atoms with van der Waals surface area (Å²) in [4.78, 5) is 28.4. The summed E-state index contributed by atoms with van der Waals surface area (Å²) >= 11 is 0. The fourth-order valence-electron chi connectivity index (χ4n) is 3.60. The van der Waals surface area contributed by atoms with E-state index < -0.39 is 0 Å². The van der Waals surface area contributed by atoms with Crippen LogP contribution in [0.25, 0.3) is 0 Å². The van der Waals surface area contributed by atoms with Crippen LogP contribution in [0.4, 0.5) is 5.82 Å². The Morgan fingerprint density at radius 3 is 2.65 bits per heavy atom. The first kappa shape index (κ1) is 15.8. The monoisotopic (exact) mass is 319 g/mol. The normalized spacial score (nSPS) is 20.1. The highest BCUT2D eigenvalue weighted by Crippen LogP contribution is 2.24. The fraction of sp³-hybridized carbons (Fsp3) is 0.688. The van der Waals surface area contributed by atoms with Gasteiger partial charge >= 0.3 is 0 Å². The summed E-state index contributed by atoms with van der Waals surface area (Å²) < 4.78 is 1.50. The van der Waals surface area contributed by atoms with E-state index in [0.29, 0.717) is 24.9 Å². The molecule has 126 valence electrons. The molecule has 0 aromatic carbocycles. The van der Waals surface area contributed by atoms with Gasteiger partial charge in [-0.2, -0.15) is 5.10 Å². The number of rotatable bonds is 3. The van der Waals surface area contributed by atoms with Gasteiger partial charge in [-0.05, 0) is 19.8 Å². The Balaban J connectivity index is 1.57. The van der Waals surface area contributed by atoms with Gasteiger partial charge in [0.25, 0.3) is 0 Å². The third-order valence-electron chi connectivity index (χ3n) is 4.84. The van der Waals surface area contributed by atoms with Gasteiger partial charge in [0.2, 0.25) is 11.8 Å². The lowest BCUT2D eigenvalue weighted by Gasteiger charge is -2.40. The maximum Gasteiger partial charge on any atom is 0.244 e. The summed E-state index contributed by atoms with van der Waals surface area (Å²) in [5.74, 6) is 0.445. The maximum absolute atomic E-state index is 12.4. The van der Waals surface area contributed by atoms with E-state index in [0.717, 1.165) is 18.5 Å². The van der Waals surface area contributed by atoms with Crippen LogP contribution in [0.3, 0.4) is 0 Å². The zero-order valence-corrected chi connectivity index (χ0v) is 13.7. The van der Waals surface area contributed by atoms with Crippen LogP contribution in [0.2, 0.25) is 0 Å². The van der Waals surface area contributed by atoms with Gasteiger partial charge < -0.3 is 15.5 Å². The number of aryl methyl sites for hydroxylation is 1. The molecule has 0 bridgehead atoms. The van der Waals surface area contributed by atoms with Gasteiger partial charge in [0, 0.05) is 25.2 Å². The topological polar surface area (TPSA) is 84.5 Å². The molecule has 2 fully saturated rings. The smallest absolute Gasteiger partial charge is 0.244 e. The quantitative estimate of drug-likeness (QED) is 0.892. The van der Waals surface area contributed by atoms with Crippen LogP contribution in [-0.4, -0.2) is 57.1 Å². The van der Waals surface area contributed by atoms with Crippen molar-refractivity contribution < 1.29 is 9.59 Å². The molecule has 1 aliphatic carbocycles. The zero-order valence-electron chi connectivity index (χ0n) is 13.7. The standard InChI is InChI=1S/C16H25N5O2/c1-12-9-14(17)21(18-12)11-15(22)19-7-8-20(16(23)10-19)13-5-3-2-4-6-13/h9,13H,2-8,10-11,17H2,1H3. The number of hydrogen-bond acceptors (Lipinski definition) is 4. The molecule has 0 unspecified atom stereocenters. The van der Waals surface area contributed by atoms with Crippen molar-refractivity contribution in [2.45, 2.75) is 51.6 Å². The number of hydrogen-bond donors (Lipinski definition) is 1. The summed E-state index contributed by atoms with van der Waals surface area (Å²) in [6, 6.07) is 2.11. The first-order chi connectivity index (χ1) is 11.0. The van der Waals surface area contributed by atoms with Crippen LogP contribution in [0.5, 0.6) is 0 Å². The summed E-state index contributed by atoms with van der Waals surface area (Å²) in [5.41, 5.74) is 6.61. The van der Waals surface area contributed by atoms with E-state index in [1.54, 1.807) is 11.0 Å². The predicted octanol–water partition coefficient (Wildman–Crippen LogP) is 0.777. The van der Waals surface area contributed by atoms with Gasteiger partial charge in [-0.15, -0.1) is 0 Å². The number of nitrogens with zero attached hydrogens (tertiary/aromatic N) is 4. The van der Waals surface area contributed by atoms with E-state index in [1.807, 2.05) is 11.8 Å². The highest BCUT2D eigenvalue weighted by molar-refractivity contribution is 5.86. The van der Waals surface area contributed by atoms with E-state index in [1.165, 1.54) is 23.9 Å². The van der Waals surface area contributed by atoms with Gasteiger partial charge in [0.15, 0.2) is 0 Å². The minimum absolute atomic E-state index is 0.0705. The third-order valence-corrected chi connectivity index (χ3v) is 4.84. The van der Waals surface area contributed by atoms with Crippen molar-refractivity contribution in [1.82, 2.24) is 19.6 Å². The lowest BCUT2D eigenvalue weighted by Crippen LogP contribution is -2.56. The fourth-order valence-corrected chi connectivity index (χ4v) is 3.60. The van der Waals surface area contributed by atoms with Gasteiger partial charge in [0.1, 0.15) is 12.4 Å². The molecule has 1 aliphatic heterocycles. The van der Waals surface area contributed by atoms with Crippen LogP contribution >= 0.6 is 0 Å². The van der Waals surface area contributed by atoms with E-state index in [9.17, 15) is 9.59 Å². The van der Waals surface area contributed by atoms with E-state index in [4.69, 9.17) is 5.73 Å². The van der Waals surface area contributed by atoms with Crippen molar-refractivity contribution in [1.29, 1.82) is 0 Å². The summed E-state index contributed by atoms with van der Waals surface area (Å²) in [7, 11) is 0. The molecule has 2 aliphatic rings. The largest absolute Gasteiger partial charge is 0.384 e. The molecule has 1 aromatic rings. The molecule has 23 heavy (non-hydrogen) atoms. The molecule has 2 heterocycles. The van der Waals surface area contributed by atoms with Crippen molar-refractivity contribution in [3.05, 3.63) is 11.8 Å². The molecule has 2 N–H and O–H groups in total. The second-order valence-electron chi connectivity index (χ2n) is 6.56. The first-order valence-corrected chi connectivity index (χ1v) is 8.42. The average Bonchev–Trinajstić information content (AvgIpc) is 2.85. The molecule has 1 saturated carbocycles. The van der Waals surface area contributed by atoms with Crippen molar-refractivity contribution in [2.75, 3.05) is 25.4 Å². The number of carbonyl (C=O) groups is 2. The van der Waals surface area contributed by atoms with Crippen LogP contribution in [-0.2, 0) is 16.1 Å². The van der Waals surface area contributed by atoms with Gasteiger partial charge in [-0.25, -0.2) is 4.68 Å².